The Morgan fingerprint density at radius 2 is 2.08 bits per heavy atom. The van der Waals surface area contributed by atoms with Crippen molar-refractivity contribution in [3.8, 4) is 0 Å². The summed E-state index contributed by atoms with van der Waals surface area (Å²) in [6.07, 6.45) is 5.07. The fourth-order valence-electron chi connectivity index (χ4n) is 2.36. The molecule has 0 amide bonds. The summed E-state index contributed by atoms with van der Waals surface area (Å²) in [5, 5.41) is 14.9. The van der Waals surface area contributed by atoms with Crippen LogP contribution in [0.25, 0.3) is 11.0 Å². The first-order chi connectivity index (χ1) is 12.3. The Morgan fingerprint density at radius 3 is 2.88 bits per heavy atom. The minimum atomic E-state index is 0.621. The quantitative estimate of drug-likeness (QED) is 0.342. The Kier molecular flexibility index (Phi) is 5.35. The second kappa shape index (κ2) is 8.04. The van der Waals surface area contributed by atoms with Gasteiger partial charge in [-0.05, 0) is 12.1 Å². The van der Waals surface area contributed by atoms with Gasteiger partial charge in [-0.2, -0.15) is 5.10 Å². The fourth-order valence-corrected chi connectivity index (χ4v) is 2.36. The maximum atomic E-state index is 4.28. The number of hydrogen-bond donors (Lipinski definition) is 3. The van der Waals surface area contributed by atoms with Crippen LogP contribution in [0.15, 0.2) is 41.9 Å². The molecular formula is C16H21N9. The lowest BCUT2D eigenvalue weighted by atomic mass is 10.3. The van der Waals surface area contributed by atoms with Gasteiger partial charge in [-0.25, -0.2) is 9.97 Å². The van der Waals surface area contributed by atoms with Gasteiger partial charge in [0.05, 0.1) is 23.8 Å². The second-order valence-electron chi connectivity index (χ2n) is 5.33. The largest absolute Gasteiger partial charge is 0.368 e. The second-order valence-corrected chi connectivity index (χ2v) is 5.33. The van der Waals surface area contributed by atoms with Crippen molar-refractivity contribution in [3.05, 3.63) is 42.6 Å². The Hall–Kier alpha value is -3.23. The molecular weight excluding hydrogens is 318 g/mol. The molecule has 0 unspecified atom stereocenters. The Bertz CT molecular complexity index is 841. The fraction of sp³-hybridized carbons (Fsp3) is 0.312. The highest BCUT2D eigenvalue weighted by atomic mass is 15.3. The Balaban J connectivity index is 1.47. The lowest BCUT2D eigenvalue weighted by Crippen LogP contribution is -2.39. The smallest absolute Gasteiger partial charge is 0.191 e. The van der Waals surface area contributed by atoms with E-state index in [1.165, 1.54) is 6.33 Å². The monoisotopic (exact) mass is 339 g/mol. The summed E-state index contributed by atoms with van der Waals surface area (Å²) >= 11 is 0. The van der Waals surface area contributed by atoms with Crippen molar-refractivity contribution in [2.45, 2.75) is 6.54 Å². The summed E-state index contributed by atoms with van der Waals surface area (Å²) in [5.41, 5.74) is 1.77. The molecule has 0 fully saturated rings. The number of pyridine rings is 1. The number of nitrogens with zero attached hydrogens (tertiary/aromatic N) is 6. The van der Waals surface area contributed by atoms with Crippen LogP contribution in [0.4, 0.5) is 5.82 Å². The average molecular weight is 339 g/mol. The van der Waals surface area contributed by atoms with Gasteiger partial charge in [0, 0.05) is 33.4 Å². The molecule has 0 spiro atoms. The molecule has 3 aromatic heterocycles. The number of nitrogens with one attached hydrogen (secondary N) is 3. The van der Waals surface area contributed by atoms with E-state index in [1.807, 2.05) is 25.2 Å². The van der Waals surface area contributed by atoms with Crippen LogP contribution in [0.5, 0.6) is 0 Å². The first-order valence-corrected chi connectivity index (χ1v) is 7.99. The van der Waals surface area contributed by atoms with Gasteiger partial charge in [-0.15, -0.1) is 0 Å². The average Bonchev–Trinajstić information content (AvgIpc) is 3.04. The SMILES string of the molecule is CN=C(NCCNc1ncnc2c1cnn2C)NCc1ccccn1. The maximum Gasteiger partial charge on any atom is 0.191 e. The number of aromatic nitrogens is 5. The van der Waals surface area contributed by atoms with Gasteiger partial charge >= 0.3 is 0 Å². The lowest BCUT2D eigenvalue weighted by Gasteiger charge is -2.12. The molecule has 25 heavy (non-hydrogen) atoms. The van der Waals surface area contributed by atoms with Crippen LogP contribution in [0.1, 0.15) is 5.69 Å². The van der Waals surface area contributed by atoms with E-state index < -0.39 is 0 Å². The van der Waals surface area contributed by atoms with Crippen molar-refractivity contribution < 1.29 is 0 Å². The van der Waals surface area contributed by atoms with E-state index in [2.05, 4.69) is 41.0 Å². The van der Waals surface area contributed by atoms with Crippen molar-refractivity contribution >= 4 is 22.8 Å². The highest BCUT2D eigenvalue weighted by Gasteiger charge is 2.07. The van der Waals surface area contributed by atoms with E-state index >= 15 is 0 Å². The van der Waals surface area contributed by atoms with Gasteiger partial charge in [-0.3, -0.25) is 14.7 Å². The van der Waals surface area contributed by atoms with Crippen molar-refractivity contribution in [2.75, 3.05) is 25.5 Å². The number of fused-ring (bicyclic) bond motifs is 1. The summed E-state index contributed by atoms with van der Waals surface area (Å²) in [7, 11) is 3.60. The normalized spacial score (nSPS) is 11.5. The number of rotatable bonds is 6. The molecule has 3 heterocycles. The van der Waals surface area contributed by atoms with E-state index in [0.29, 0.717) is 19.6 Å². The Labute approximate surface area is 145 Å². The van der Waals surface area contributed by atoms with Gasteiger partial charge in [0.1, 0.15) is 12.1 Å². The van der Waals surface area contributed by atoms with Crippen LogP contribution < -0.4 is 16.0 Å². The van der Waals surface area contributed by atoms with Crippen LogP contribution in [-0.4, -0.2) is 50.8 Å². The van der Waals surface area contributed by atoms with E-state index in [0.717, 1.165) is 28.5 Å². The number of aliphatic imine (C=N–C) groups is 1. The van der Waals surface area contributed by atoms with E-state index in [4.69, 9.17) is 0 Å². The van der Waals surface area contributed by atoms with Gasteiger partial charge in [0.2, 0.25) is 0 Å². The Morgan fingerprint density at radius 1 is 1.16 bits per heavy atom. The highest BCUT2D eigenvalue weighted by Crippen LogP contribution is 2.16. The molecule has 0 aliphatic heterocycles. The minimum absolute atomic E-state index is 0.621. The molecule has 3 aromatic rings. The third kappa shape index (κ3) is 4.19. The number of aryl methyl sites for hydroxylation is 1. The molecule has 0 bridgehead atoms. The number of hydrogen-bond acceptors (Lipinski definition) is 6. The molecule has 0 aromatic carbocycles. The summed E-state index contributed by atoms with van der Waals surface area (Å²) in [6.45, 7) is 2.00. The van der Waals surface area contributed by atoms with Gasteiger partial charge in [0.15, 0.2) is 11.6 Å². The predicted molar refractivity (Wildman–Crippen MR) is 97.2 cm³/mol. The van der Waals surface area contributed by atoms with E-state index in [1.54, 1.807) is 24.1 Å². The standard InChI is InChI=1S/C16H21N9/c1-17-16(21-9-12-5-3-4-6-18-12)20-8-7-19-14-13-10-24-25(2)15(13)23-11-22-14/h3-6,10-11H,7-9H2,1-2H3,(H2,17,20,21)(H,19,22,23). The van der Waals surface area contributed by atoms with Crippen LogP contribution in [0.3, 0.4) is 0 Å². The van der Waals surface area contributed by atoms with Gasteiger partial charge in [0.25, 0.3) is 0 Å². The molecule has 0 saturated carbocycles. The summed E-state index contributed by atoms with van der Waals surface area (Å²) in [6, 6.07) is 5.83. The molecule has 0 radical (unpaired) electrons. The third-order valence-corrected chi connectivity index (χ3v) is 3.63. The van der Waals surface area contributed by atoms with Crippen LogP contribution in [0, 0.1) is 0 Å². The zero-order valence-electron chi connectivity index (χ0n) is 14.3. The van der Waals surface area contributed by atoms with Crippen LogP contribution in [-0.2, 0) is 13.6 Å². The predicted octanol–water partition coefficient (Wildman–Crippen LogP) is 0.535. The van der Waals surface area contributed by atoms with Crippen molar-refractivity contribution in [1.82, 2.24) is 35.4 Å². The van der Waals surface area contributed by atoms with Crippen molar-refractivity contribution in [3.63, 3.8) is 0 Å². The molecule has 0 aliphatic carbocycles. The van der Waals surface area contributed by atoms with Gasteiger partial charge < -0.3 is 16.0 Å². The molecule has 3 rings (SSSR count). The first kappa shape index (κ1) is 16.6. The summed E-state index contributed by atoms with van der Waals surface area (Å²) in [4.78, 5) is 17.0. The van der Waals surface area contributed by atoms with E-state index in [9.17, 15) is 0 Å². The van der Waals surface area contributed by atoms with E-state index in [-0.39, 0.29) is 0 Å². The lowest BCUT2D eigenvalue weighted by molar-refractivity contribution is 0.785. The van der Waals surface area contributed by atoms with Crippen molar-refractivity contribution in [2.24, 2.45) is 12.0 Å². The minimum Gasteiger partial charge on any atom is -0.368 e. The molecule has 9 heteroatoms. The molecule has 130 valence electrons. The summed E-state index contributed by atoms with van der Waals surface area (Å²) < 4.78 is 1.73. The zero-order valence-corrected chi connectivity index (χ0v) is 14.3. The highest BCUT2D eigenvalue weighted by molar-refractivity contribution is 5.86. The molecule has 0 aliphatic rings. The van der Waals surface area contributed by atoms with Crippen LogP contribution >= 0.6 is 0 Å². The van der Waals surface area contributed by atoms with Crippen LogP contribution in [0.2, 0.25) is 0 Å². The number of anilines is 1. The number of guanidine groups is 1. The van der Waals surface area contributed by atoms with Crippen molar-refractivity contribution in [1.29, 1.82) is 0 Å². The third-order valence-electron chi connectivity index (χ3n) is 3.63. The maximum absolute atomic E-state index is 4.28. The topological polar surface area (TPSA) is 105 Å². The molecule has 0 atom stereocenters. The first-order valence-electron chi connectivity index (χ1n) is 7.99. The summed E-state index contributed by atoms with van der Waals surface area (Å²) in [5.74, 6) is 1.50. The van der Waals surface area contributed by atoms with Gasteiger partial charge in [-0.1, -0.05) is 6.07 Å². The molecule has 9 nitrogen and oxygen atoms in total. The molecule has 3 N–H and O–H groups in total. The molecule has 0 saturated heterocycles. The zero-order chi connectivity index (χ0) is 17.5.